The predicted molar refractivity (Wildman–Crippen MR) is 82.8 cm³/mol. The Kier molecular flexibility index (Phi) is 12.3. The predicted octanol–water partition coefficient (Wildman–Crippen LogP) is 0.600. The third-order valence-electron chi connectivity index (χ3n) is 1.70. The van der Waals surface area contributed by atoms with Crippen molar-refractivity contribution in [3.63, 3.8) is 0 Å². The first-order chi connectivity index (χ1) is 7.61. The third-order valence-corrected chi connectivity index (χ3v) is 1.70. The molecule has 0 aliphatic carbocycles. The molecule has 0 aliphatic heterocycles. The summed E-state index contributed by atoms with van der Waals surface area (Å²) in [5.41, 5.74) is 0. The highest BCUT2D eigenvalue weighted by Crippen LogP contribution is 1.81. The zero-order valence-electron chi connectivity index (χ0n) is 10.4. The van der Waals surface area contributed by atoms with Crippen LogP contribution in [0.25, 0.3) is 0 Å². The van der Waals surface area contributed by atoms with Crippen LogP contribution in [-0.4, -0.2) is 50.5 Å². The molecule has 0 spiro atoms. The zero-order valence-corrected chi connectivity index (χ0v) is 12.7. The van der Waals surface area contributed by atoms with Crippen LogP contribution in [-0.2, 0) is 4.79 Å². The number of hydrogen-bond donors (Lipinski definition) is 2. The molecule has 0 bridgehead atoms. The molecule has 1 amide bonds. The average molecular weight is 352 g/mol. The van der Waals surface area contributed by atoms with Crippen LogP contribution in [0.1, 0.15) is 0 Å². The van der Waals surface area contributed by atoms with Crippen LogP contribution in [0.15, 0.2) is 30.3 Å². The highest BCUT2D eigenvalue weighted by Gasteiger charge is 2.02. The molecule has 0 heterocycles. The lowest BCUT2D eigenvalue weighted by molar-refractivity contribution is -0.127. The van der Waals surface area contributed by atoms with Crippen LogP contribution in [0.5, 0.6) is 0 Å². The number of halogens is 1. The molecule has 6 heteroatoms. The minimum Gasteiger partial charge on any atom is -0.353 e. The van der Waals surface area contributed by atoms with E-state index in [0.29, 0.717) is 19.0 Å². The smallest absolute Gasteiger partial charge is 0.243 e. The Hall–Kier alpha value is -1.05. The fourth-order valence-corrected chi connectivity index (χ4v) is 0.800. The summed E-state index contributed by atoms with van der Waals surface area (Å²) in [5.74, 6) is 0.535. The lowest BCUT2D eigenvalue weighted by atomic mass is 10.5. The molecule has 0 radical (unpaired) electrons. The molecule has 0 rings (SSSR count). The van der Waals surface area contributed by atoms with Crippen LogP contribution in [0, 0.1) is 0 Å². The molecule has 0 unspecified atom stereocenters. The average Bonchev–Trinajstić information content (AvgIpc) is 2.27. The number of hydrogen-bond acceptors (Lipinski definition) is 2. The number of nitrogens with one attached hydrogen (secondary N) is 2. The van der Waals surface area contributed by atoms with E-state index in [1.54, 1.807) is 26.2 Å². The normalized spacial score (nSPS) is 8.35. The standard InChI is InChI=1S/C11H20N4O.HI/c1-5-7-12-11(13-8-6-2)14-9-10(16)15(3)4;/h5-6H,1-2,7-9H2,3-4H3,(H2,12,13,14);1H. The molecule has 0 aromatic carbocycles. The molecule has 98 valence electrons. The first kappa shape index (κ1) is 18.3. The minimum absolute atomic E-state index is 0. The highest BCUT2D eigenvalue weighted by molar-refractivity contribution is 14.0. The van der Waals surface area contributed by atoms with Crippen molar-refractivity contribution < 1.29 is 4.79 Å². The third kappa shape index (κ3) is 9.86. The van der Waals surface area contributed by atoms with Gasteiger partial charge in [-0.1, -0.05) is 12.2 Å². The summed E-state index contributed by atoms with van der Waals surface area (Å²) in [6, 6.07) is 0. The number of guanidine groups is 1. The van der Waals surface area contributed by atoms with Crippen molar-refractivity contribution in [3.05, 3.63) is 25.3 Å². The first-order valence-corrected chi connectivity index (χ1v) is 5.06. The first-order valence-electron chi connectivity index (χ1n) is 5.06. The SMILES string of the molecule is C=CCNC(=NCC(=O)N(C)C)NCC=C.I. The Morgan fingerprint density at radius 1 is 1.24 bits per heavy atom. The van der Waals surface area contributed by atoms with Gasteiger partial charge in [-0.25, -0.2) is 4.99 Å². The van der Waals surface area contributed by atoms with Crippen molar-refractivity contribution in [2.45, 2.75) is 0 Å². The summed E-state index contributed by atoms with van der Waals surface area (Å²) in [6.07, 6.45) is 3.44. The highest BCUT2D eigenvalue weighted by atomic mass is 127. The molecule has 17 heavy (non-hydrogen) atoms. The van der Waals surface area contributed by atoms with Crippen molar-refractivity contribution in [1.82, 2.24) is 15.5 Å². The van der Waals surface area contributed by atoms with E-state index in [9.17, 15) is 4.79 Å². The van der Waals surface area contributed by atoms with Gasteiger partial charge in [0.15, 0.2) is 5.96 Å². The van der Waals surface area contributed by atoms with Crippen molar-refractivity contribution in [3.8, 4) is 0 Å². The van der Waals surface area contributed by atoms with Crippen LogP contribution < -0.4 is 10.6 Å². The Morgan fingerprint density at radius 3 is 2.06 bits per heavy atom. The second-order valence-electron chi connectivity index (χ2n) is 3.29. The van der Waals surface area contributed by atoms with Crippen LogP contribution in [0.4, 0.5) is 0 Å². The Balaban J connectivity index is 0. The number of nitrogens with zero attached hydrogens (tertiary/aromatic N) is 2. The largest absolute Gasteiger partial charge is 0.353 e. The van der Waals surface area contributed by atoms with E-state index >= 15 is 0 Å². The van der Waals surface area contributed by atoms with Crippen LogP contribution >= 0.6 is 24.0 Å². The summed E-state index contributed by atoms with van der Waals surface area (Å²) < 4.78 is 0. The number of rotatable bonds is 6. The number of likely N-dealkylation sites (N-methyl/N-ethyl adjacent to an activating group) is 1. The van der Waals surface area contributed by atoms with Gasteiger partial charge in [0.2, 0.25) is 5.91 Å². The summed E-state index contributed by atoms with van der Waals surface area (Å²) >= 11 is 0. The molecule has 0 saturated heterocycles. The number of carbonyl (C=O) groups excluding carboxylic acids is 1. The number of amides is 1. The molecule has 0 aliphatic rings. The Labute approximate surface area is 120 Å². The van der Waals surface area contributed by atoms with Gasteiger partial charge in [-0.15, -0.1) is 37.1 Å². The maximum atomic E-state index is 11.3. The monoisotopic (exact) mass is 352 g/mol. The topological polar surface area (TPSA) is 56.7 Å². The zero-order chi connectivity index (χ0) is 12.4. The van der Waals surface area contributed by atoms with Crippen molar-refractivity contribution in [2.75, 3.05) is 33.7 Å². The van der Waals surface area contributed by atoms with Gasteiger partial charge in [-0.05, 0) is 0 Å². The van der Waals surface area contributed by atoms with Gasteiger partial charge in [0.25, 0.3) is 0 Å². The molecular formula is C11H21IN4O. The van der Waals surface area contributed by atoms with Gasteiger partial charge < -0.3 is 15.5 Å². The van der Waals surface area contributed by atoms with Gasteiger partial charge in [-0.3, -0.25) is 4.79 Å². The van der Waals surface area contributed by atoms with E-state index < -0.39 is 0 Å². The van der Waals surface area contributed by atoms with Gasteiger partial charge in [0, 0.05) is 27.2 Å². The van der Waals surface area contributed by atoms with Crippen molar-refractivity contribution in [1.29, 1.82) is 0 Å². The van der Waals surface area contributed by atoms with Crippen LogP contribution in [0.3, 0.4) is 0 Å². The molecule has 0 aromatic heterocycles. The molecule has 5 nitrogen and oxygen atoms in total. The summed E-state index contributed by atoms with van der Waals surface area (Å²) in [7, 11) is 3.40. The summed E-state index contributed by atoms with van der Waals surface area (Å²) in [5, 5.41) is 6.00. The van der Waals surface area contributed by atoms with Gasteiger partial charge in [0.05, 0.1) is 0 Å². The van der Waals surface area contributed by atoms with Gasteiger partial charge in [0.1, 0.15) is 6.54 Å². The lowest BCUT2D eigenvalue weighted by Crippen LogP contribution is -2.38. The van der Waals surface area contributed by atoms with Gasteiger partial charge >= 0.3 is 0 Å². The van der Waals surface area contributed by atoms with Crippen molar-refractivity contribution >= 4 is 35.8 Å². The quantitative estimate of drug-likeness (QED) is 0.319. The van der Waals surface area contributed by atoms with E-state index in [1.165, 1.54) is 4.90 Å². The summed E-state index contributed by atoms with van der Waals surface area (Å²) in [6.45, 7) is 8.51. The molecule has 0 aromatic rings. The minimum atomic E-state index is -0.0432. The van der Waals surface area contributed by atoms with E-state index in [1.807, 2.05) is 0 Å². The van der Waals surface area contributed by atoms with Crippen molar-refractivity contribution in [2.24, 2.45) is 4.99 Å². The van der Waals surface area contributed by atoms with Gasteiger partial charge in [-0.2, -0.15) is 0 Å². The molecule has 2 N–H and O–H groups in total. The van der Waals surface area contributed by atoms with E-state index in [-0.39, 0.29) is 36.4 Å². The second kappa shape index (κ2) is 11.4. The van der Waals surface area contributed by atoms with E-state index in [2.05, 4.69) is 28.8 Å². The fourth-order valence-electron chi connectivity index (χ4n) is 0.800. The Bertz CT molecular complexity index is 263. The molecule has 0 saturated carbocycles. The second-order valence-corrected chi connectivity index (χ2v) is 3.29. The maximum absolute atomic E-state index is 11.3. The number of carbonyl (C=O) groups is 1. The molecule has 0 atom stereocenters. The Morgan fingerprint density at radius 2 is 1.71 bits per heavy atom. The number of aliphatic imine (C=N–C) groups is 1. The fraction of sp³-hybridized carbons (Fsp3) is 0.455. The van der Waals surface area contributed by atoms with E-state index in [0.717, 1.165) is 0 Å². The maximum Gasteiger partial charge on any atom is 0.243 e. The molecule has 0 fully saturated rings. The molecular weight excluding hydrogens is 331 g/mol. The summed E-state index contributed by atoms with van der Waals surface area (Å²) in [4.78, 5) is 16.9. The van der Waals surface area contributed by atoms with E-state index in [4.69, 9.17) is 0 Å². The lowest BCUT2D eigenvalue weighted by Gasteiger charge is -2.11. The van der Waals surface area contributed by atoms with Crippen LogP contribution in [0.2, 0.25) is 0 Å².